The topological polar surface area (TPSA) is 106 Å². The van der Waals surface area contributed by atoms with Gasteiger partial charge < -0.3 is 24.3 Å². The summed E-state index contributed by atoms with van der Waals surface area (Å²) in [5.74, 6) is -0.0677. The Bertz CT molecular complexity index is 1050. The second kappa shape index (κ2) is 10.2. The van der Waals surface area contributed by atoms with E-state index in [2.05, 4.69) is 15.2 Å². The molecule has 2 aliphatic heterocycles. The van der Waals surface area contributed by atoms with Gasteiger partial charge in [-0.25, -0.2) is 13.4 Å². The summed E-state index contributed by atoms with van der Waals surface area (Å²) in [6, 6.07) is 4.92. The van der Waals surface area contributed by atoms with Crippen LogP contribution in [-0.2, 0) is 31.3 Å². The SMILES string of the molecule is Cn1ccnc1SCC(=O)Nc1cc(S(=O)(=O)N2CCOCC2)ccc1N1CCOCC1. The number of aryl methyl sites for hydroxylation is 1. The lowest BCUT2D eigenvalue weighted by Crippen LogP contribution is -2.40. The van der Waals surface area contributed by atoms with Crippen molar-refractivity contribution in [2.45, 2.75) is 10.1 Å². The van der Waals surface area contributed by atoms with E-state index in [-0.39, 0.29) is 16.6 Å². The summed E-state index contributed by atoms with van der Waals surface area (Å²) in [7, 11) is -1.82. The Labute approximate surface area is 191 Å². The Morgan fingerprint density at radius 1 is 1.12 bits per heavy atom. The summed E-state index contributed by atoms with van der Waals surface area (Å²) < 4.78 is 40.3. The monoisotopic (exact) mass is 481 g/mol. The maximum Gasteiger partial charge on any atom is 0.243 e. The number of ether oxygens (including phenoxy) is 2. The van der Waals surface area contributed by atoms with Crippen molar-refractivity contribution < 1.29 is 22.7 Å². The van der Waals surface area contributed by atoms with Crippen LogP contribution in [0.1, 0.15) is 0 Å². The zero-order chi connectivity index (χ0) is 22.6. The Kier molecular flexibility index (Phi) is 7.36. The average Bonchev–Trinajstić information content (AvgIpc) is 3.23. The first-order valence-corrected chi connectivity index (χ1v) is 12.8. The lowest BCUT2D eigenvalue weighted by molar-refractivity contribution is -0.113. The molecule has 10 nitrogen and oxygen atoms in total. The number of carbonyl (C=O) groups excluding carboxylic acids is 1. The maximum absolute atomic E-state index is 13.1. The normalized spacial score (nSPS) is 18.0. The summed E-state index contributed by atoms with van der Waals surface area (Å²) in [5.41, 5.74) is 1.26. The van der Waals surface area contributed by atoms with Crippen LogP contribution in [0, 0.1) is 0 Å². The van der Waals surface area contributed by atoms with Crippen molar-refractivity contribution in [3.63, 3.8) is 0 Å². The van der Waals surface area contributed by atoms with Gasteiger partial charge in [-0.15, -0.1) is 0 Å². The number of benzene rings is 1. The molecule has 4 rings (SSSR count). The molecule has 0 saturated carbocycles. The van der Waals surface area contributed by atoms with Crippen LogP contribution in [0.15, 0.2) is 40.6 Å². The molecule has 0 atom stereocenters. The number of sulfonamides is 1. The lowest BCUT2D eigenvalue weighted by atomic mass is 10.2. The minimum atomic E-state index is -3.68. The number of nitrogens with one attached hydrogen (secondary N) is 1. The number of nitrogens with zero attached hydrogens (tertiary/aromatic N) is 4. The summed E-state index contributed by atoms with van der Waals surface area (Å²) in [4.78, 5) is 19.2. The number of thioether (sulfide) groups is 1. The van der Waals surface area contributed by atoms with Crippen LogP contribution < -0.4 is 10.2 Å². The van der Waals surface area contributed by atoms with Gasteiger partial charge in [0.15, 0.2) is 5.16 Å². The molecule has 1 aromatic carbocycles. The molecule has 0 unspecified atom stereocenters. The number of imidazole rings is 1. The molecule has 3 heterocycles. The number of carbonyl (C=O) groups is 1. The van der Waals surface area contributed by atoms with E-state index in [0.717, 1.165) is 10.8 Å². The number of aromatic nitrogens is 2. The molecule has 12 heteroatoms. The Morgan fingerprint density at radius 2 is 1.81 bits per heavy atom. The van der Waals surface area contributed by atoms with Crippen LogP contribution in [0.4, 0.5) is 11.4 Å². The largest absolute Gasteiger partial charge is 0.379 e. The molecule has 0 bridgehead atoms. The van der Waals surface area contributed by atoms with Crippen molar-refractivity contribution in [2.75, 3.05) is 68.6 Å². The van der Waals surface area contributed by atoms with Gasteiger partial charge in [-0.3, -0.25) is 4.79 Å². The number of amides is 1. The predicted molar refractivity (Wildman–Crippen MR) is 122 cm³/mol. The van der Waals surface area contributed by atoms with Gasteiger partial charge in [-0.1, -0.05) is 11.8 Å². The molecule has 2 fully saturated rings. The highest BCUT2D eigenvalue weighted by Crippen LogP contribution is 2.31. The van der Waals surface area contributed by atoms with Gasteiger partial charge in [0.05, 0.1) is 48.5 Å². The summed E-state index contributed by atoms with van der Waals surface area (Å²) >= 11 is 1.32. The molecule has 32 heavy (non-hydrogen) atoms. The highest BCUT2D eigenvalue weighted by Gasteiger charge is 2.28. The molecule has 0 aliphatic carbocycles. The van der Waals surface area contributed by atoms with Crippen molar-refractivity contribution >= 4 is 39.1 Å². The highest BCUT2D eigenvalue weighted by atomic mass is 32.2. The van der Waals surface area contributed by atoms with Gasteiger partial charge in [-0.2, -0.15) is 4.31 Å². The zero-order valence-corrected chi connectivity index (χ0v) is 19.5. The molecule has 174 valence electrons. The molecule has 2 saturated heterocycles. The second-order valence-electron chi connectivity index (χ2n) is 7.45. The standard InChI is InChI=1S/C20H27N5O5S2/c1-23-5-4-21-20(23)31-15-19(26)22-17-14-16(32(27,28)25-8-12-30-13-9-25)2-3-18(17)24-6-10-29-11-7-24/h2-5,14H,6-13,15H2,1H3,(H,22,26). The van der Waals surface area contributed by atoms with E-state index >= 15 is 0 Å². The minimum Gasteiger partial charge on any atom is -0.379 e. The van der Waals surface area contributed by atoms with Crippen molar-refractivity contribution in [1.82, 2.24) is 13.9 Å². The third-order valence-corrected chi connectivity index (χ3v) is 8.26. The van der Waals surface area contributed by atoms with E-state index < -0.39 is 10.0 Å². The molecule has 0 spiro atoms. The van der Waals surface area contributed by atoms with Gasteiger partial charge in [0.2, 0.25) is 15.9 Å². The molecule has 0 radical (unpaired) electrons. The molecular weight excluding hydrogens is 454 g/mol. The number of morpholine rings is 2. The smallest absolute Gasteiger partial charge is 0.243 e. The van der Waals surface area contributed by atoms with Gasteiger partial charge in [0.25, 0.3) is 0 Å². The van der Waals surface area contributed by atoms with Crippen LogP contribution in [0.2, 0.25) is 0 Å². The van der Waals surface area contributed by atoms with Crippen LogP contribution >= 0.6 is 11.8 Å². The van der Waals surface area contributed by atoms with E-state index in [9.17, 15) is 13.2 Å². The van der Waals surface area contributed by atoms with Gasteiger partial charge >= 0.3 is 0 Å². The fourth-order valence-corrected chi connectivity index (χ4v) is 5.77. The first-order valence-electron chi connectivity index (χ1n) is 10.4. The van der Waals surface area contributed by atoms with Crippen molar-refractivity contribution in [3.05, 3.63) is 30.6 Å². The van der Waals surface area contributed by atoms with E-state index in [1.165, 1.54) is 16.1 Å². The van der Waals surface area contributed by atoms with E-state index in [1.54, 1.807) is 24.4 Å². The lowest BCUT2D eigenvalue weighted by Gasteiger charge is -2.31. The quantitative estimate of drug-likeness (QED) is 0.584. The van der Waals surface area contributed by atoms with Gasteiger partial charge in [0.1, 0.15) is 0 Å². The average molecular weight is 482 g/mol. The minimum absolute atomic E-state index is 0.156. The number of anilines is 2. The summed E-state index contributed by atoms with van der Waals surface area (Å²) in [6.07, 6.45) is 3.49. The molecule has 2 aromatic rings. The highest BCUT2D eigenvalue weighted by molar-refractivity contribution is 7.99. The number of rotatable bonds is 7. The number of hydrogen-bond donors (Lipinski definition) is 1. The Hall–Kier alpha value is -2.12. The van der Waals surface area contributed by atoms with Crippen LogP contribution in [0.25, 0.3) is 0 Å². The van der Waals surface area contributed by atoms with Crippen molar-refractivity contribution in [1.29, 1.82) is 0 Å². The maximum atomic E-state index is 13.1. The van der Waals surface area contributed by atoms with Crippen LogP contribution in [-0.4, -0.2) is 86.5 Å². The number of hydrogen-bond acceptors (Lipinski definition) is 8. The molecule has 1 aromatic heterocycles. The molecule has 1 amide bonds. The van der Waals surface area contributed by atoms with Gasteiger partial charge in [-0.05, 0) is 18.2 Å². The Morgan fingerprint density at radius 3 is 2.47 bits per heavy atom. The van der Waals surface area contributed by atoms with Gasteiger partial charge in [0, 0.05) is 45.6 Å². The summed E-state index contributed by atoms with van der Waals surface area (Å²) in [5, 5.41) is 3.65. The van der Waals surface area contributed by atoms with E-state index in [0.29, 0.717) is 58.3 Å². The fourth-order valence-electron chi connectivity index (χ4n) is 3.60. The van der Waals surface area contributed by atoms with Crippen LogP contribution in [0.3, 0.4) is 0 Å². The summed E-state index contributed by atoms with van der Waals surface area (Å²) in [6.45, 7) is 3.87. The van der Waals surface area contributed by atoms with Crippen molar-refractivity contribution in [2.24, 2.45) is 7.05 Å². The first-order chi connectivity index (χ1) is 15.4. The third-order valence-electron chi connectivity index (χ3n) is 5.31. The fraction of sp³-hybridized carbons (Fsp3) is 0.500. The molecule has 2 aliphatic rings. The van der Waals surface area contributed by atoms with Crippen LogP contribution in [0.5, 0.6) is 0 Å². The first kappa shape index (κ1) is 23.1. The molecular formula is C20H27N5O5S2. The van der Waals surface area contributed by atoms with E-state index in [1.807, 2.05) is 17.8 Å². The third kappa shape index (κ3) is 5.26. The van der Waals surface area contributed by atoms with E-state index in [4.69, 9.17) is 9.47 Å². The van der Waals surface area contributed by atoms with Crippen molar-refractivity contribution in [3.8, 4) is 0 Å². The zero-order valence-electron chi connectivity index (χ0n) is 17.9. The molecule has 1 N–H and O–H groups in total. The second-order valence-corrected chi connectivity index (χ2v) is 10.3. The predicted octanol–water partition coefficient (Wildman–Crippen LogP) is 1.01. The Balaban J connectivity index is 1.57.